The summed E-state index contributed by atoms with van der Waals surface area (Å²) in [5.74, 6) is 0.297. The van der Waals surface area contributed by atoms with E-state index in [1.165, 1.54) is 5.56 Å². The molecule has 0 aliphatic carbocycles. The number of hydrogen-bond donors (Lipinski definition) is 2. The van der Waals surface area contributed by atoms with Crippen molar-refractivity contribution in [3.8, 4) is 5.75 Å². The molecular weight excluding hydrogens is 210 g/mol. The van der Waals surface area contributed by atoms with Gasteiger partial charge in [-0.1, -0.05) is 42.5 Å². The molecule has 0 heterocycles. The van der Waals surface area contributed by atoms with Crippen LogP contribution in [0.5, 0.6) is 5.75 Å². The van der Waals surface area contributed by atoms with E-state index in [2.05, 4.69) is 12.1 Å². The van der Waals surface area contributed by atoms with E-state index in [9.17, 15) is 5.11 Å². The van der Waals surface area contributed by atoms with E-state index in [1.807, 2.05) is 30.3 Å². The Morgan fingerprint density at radius 2 is 1.35 bits per heavy atom. The van der Waals surface area contributed by atoms with Crippen LogP contribution in [-0.4, -0.2) is 11.1 Å². The second kappa shape index (κ2) is 5.51. The van der Waals surface area contributed by atoms with Crippen LogP contribution < -0.4 is 5.73 Å². The smallest absolute Gasteiger partial charge is 0.115 e. The third-order valence-corrected chi connectivity index (χ3v) is 2.77. The highest BCUT2D eigenvalue weighted by Gasteiger charge is 2.05. The number of nitrogens with two attached hydrogens (primary N) is 1. The highest BCUT2D eigenvalue weighted by molar-refractivity contribution is 5.26. The van der Waals surface area contributed by atoms with Gasteiger partial charge < -0.3 is 10.8 Å². The molecule has 0 radical (unpaired) electrons. The zero-order valence-electron chi connectivity index (χ0n) is 9.71. The Labute approximate surface area is 102 Å². The zero-order chi connectivity index (χ0) is 12.1. The average Bonchev–Trinajstić information content (AvgIpc) is 2.33. The monoisotopic (exact) mass is 227 g/mol. The molecule has 3 N–H and O–H groups in total. The Morgan fingerprint density at radius 3 is 1.94 bits per heavy atom. The van der Waals surface area contributed by atoms with Crippen molar-refractivity contribution in [1.82, 2.24) is 0 Å². The summed E-state index contributed by atoms with van der Waals surface area (Å²) in [6.45, 7) is 0. The molecule has 88 valence electrons. The first-order chi connectivity index (χ1) is 8.24. The van der Waals surface area contributed by atoms with Gasteiger partial charge in [-0.25, -0.2) is 0 Å². The van der Waals surface area contributed by atoms with Gasteiger partial charge in [0.05, 0.1) is 0 Å². The molecular formula is C15H17NO. The number of aromatic hydroxyl groups is 1. The maximum Gasteiger partial charge on any atom is 0.115 e. The van der Waals surface area contributed by atoms with Crippen LogP contribution in [0.15, 0.2) is 54.6 Å². The second-order valence-electron chi connectivity index (χ2n) is 4.32. The molecule has 1 unspecified atom stereocenters. The van der Waals surface area contributed by atoms with Crippen LogP contribution >= 0.6 is 0 Å². The third-order valence-electron chi connectivity index (χ3n) is 2.77. The molecule has 2 nitrogen and oxygen atoms in total. The quantitative estimate of drug-likeness (QED) is 0.843. The normalized spacial score (nSPS) is 12.3. The van der Waals surface area contributed by atoms with Crippen LogP contribution in [0, 0.1) is 0 Å². The molecule has 0 fully saturated rings. The fourth-order valence-electron chi connectivity index (χ4n) is 1.92. The van der Waals surface area contributed by atoms with Crippen molar-refractivity contribution in [3.63, 3.8) is 0 Å². The van der Waals surface area contributed by atoms with Gasteiger partial charge in [0.1, 0.15) is 5.75 Å². The topological polar surface area (TPSA) is 46.2 Å². The van der Waals surface area contributed by atoms with Crippen LogP contribution in [0.4, 0.5) is 0 Å². The van der Waals surface area contributed by atoms with Crippen molar-refractivity contribution < 1.29 is 5.11 Å². The summed E-state index contributed by atoms with van der Waals surface area (Å²) >= 11 is 0. The summed E-state index contributed by atoms with van der Waals surface area (Å²) in [7, 11) is 0. The summed E-state index contributed by atoms with van der Waals surface area (Å²) < 4.78 is 0. The lowest BCUT2D eigenvalue weighted by atomic mass is 10.00. The van der Waals surface area contributed by atoms with Gasteiger partial charge in [0.15, 0.2) is 0 Å². The average molecular weight is 227 g/mol. The van der Waals surface area contributed by atoms with E-state index in [1.54, 1.807) is 12.1 Å². The molecule has 0 aromatic heterocycles. The molecule has 0 saturated carbocycles. The maximum atomic E-state index is 9.19. The Bertz CT molecular complexity index is 450. The van der Waals surface area contributed by atoms with Crippen LogP contribution in [0.2, 0.25) is 0 Å². The molecule has 0 bridgehead atoms. The third kappa shape index (κ3) is 3.61. The van der Waals surface area contributed by atoms with E-state index in [-0.39, 0.29) is 6.04 Å². The van der Waals surface area contributed by atoms with Gasteiger partial charge in [-0.3, -0.25) is 0 Å². The fourth-order valence-corrected chi connectivity index (χ4v) is 1.92. The Balaban J connectivity index is 1.93. The van der Waals surface area contributed by atoms with Gasteiger partial charge in [0, 0.05) is 6.04 Å². The maximum absolute atomic E-state index is 9.19. The van der Waals surface area contributed by atoms with E-state index in [0.29, 0.717) is 5.75 Å². The molecule has 0 saturated heterocycles. The van der Waals surface area contributed by atoms with E-state index < -0.39 is 0 Å². The van der Waals surface area contributed by atoms with Gasteiger partial charge in [0.25, 0.3) is 0 Å². The van der Waals surface area contributed by atoms with E-state index >= 15 is 0 Å². The minimum atomic E-state index is 0.113. The van der Waals surface area contributed by atoms with Gasteiger partial charge in [-0.2, -0.15) is 0 Å². The molecule has 0 spiro atoms. The predicted molar refractivity (Wildman–Crippen MR) is 69.9 cm³/mol. The highest BCUT2D eigenvalue weighted by atomic mass is 16.3. The van der Waals surface area contributed by atoms with E-state index in [0.717, 1.165) is 18.4 Å². The van der Waals surface area contributed by atoms with Crippen LogP contribution in [0.25, 0.3) is 0 Å². The van der Waals surface area contributed by atoms with Crippen LogP contribution in [0.3, 0.4) is 0 Å². The summed E-state index contributed by atoms with van der Waals surface area (Å²) in [4.78, 5) is 0. The predicted octanol–water partition coefficient (Wildman–Crippen LogP) is 2.50. The summed E-state index contributed by atoms with van der Waals surface area (Å²) in [6, 6.07) is 17.6. The van der Waals surface area contributed by atoms with Gasteiger partial charge in [-0.15, -0.1) is 0 Å². The number of rotatable bonds is 4. The highest BCUT2D eigenvalue weighted by Crippen LogP contribution is 2.12. The number of phenols is 1. The minimum absolute atomic E-state index is 0.113. The number of benzene rings is 2. The molecule has 1 atom stereocenters. The minimum Gasteiger partial charge on any atom is -0.508 e. The fraction of sp³-hybridized carbons (Fsp3) is 0.200. The first kappa shape index (κ1) is 11.7. The lowest BCUT2D eigenvalue weighted by Crippen LogP contribution is -2.25. The second-order valence-corrected chi connectivity index (χ2v) is 4.32. The van der Waals surface area contributed by atoms with Gasteiger partial charge >= 0.3 is 0 Å². The SMILES string of the molecule is NC(Cc1ccccc1)Cc1ccc(O)cc1. The van der Waals surface area contributed by atoms with Crippen molar-refractivity contribution in [3.05, 3.63) is 65.7 Å². The molecule has 0 amide bonds. The van der Waals surface area contributed by atoms with Crippen molar-refractivity contribution in [1.29, 1.82) is 0 Å². The Hall–Kier alpha value is -1.80. The van der Waals surface area contributed by atoms with Gasteiger partial charge in [-0.05, 0) is 36.1 Å². The molecule has 2 heteroatoms. The molecule has 2 aromatic rings. The van der Waals surface area contributed by atoms with Crippen molar-refractivity contribution in [2.24, 2.45) is 5.73 Å². The summed E-state index contributed by atoms with van der Waals surface area (Å²) in [5.41, 5.74) is 8.53. The summed E-state index contributed by atoms with van der Waals surface area (Å²) in [6.07, 6.45) is 1.71. The van der Waals surface area contributed by atoms with Crippen molar-refractivity contribution in [2.45, 2.75) is 18.9 Å². The first-order valence-corrected chi connectivity index (χ1v) is 5.81. The molecule has 0 aliphatic rings. The summed E-state index contributed by atoms with van der Waals surface area (Å²) in [5, 5.41) is 9.19. The lowest BCUT2D eigenvalue weighted by molar-refractivity contribution is 0.475. The van der Waals surface area contributed by atoms with Crippen LogP contribution in [-0.2, 0) is 12.8 Å². The van der Waals surface area contributed by atoms with Gasteiger partial charge in [0.2, 0.25) is 0 Å². The van der Waals surface area contributed by atoms with Crippen molar-refractivity contribution in [2.75, 3.05) is 0 Å². The number of phenolic OH excluding ortho intramolecular Hbond substituents is 1. The first-order valence-electron chi connectivity index (χ1n) is 5.81. The molecule has 17 heavy (non-hydrogen) atoms. The lowest BCUT2D eigenvalue weighted by Gasteiger charge is -2.11. The van der Waals surface area contributed by atoms with Crippen molar-refractivity contribution >= 4 is 0 Å². The Morgan fingerprint density at radius 1 is 0.824 bits per heavy atom. The molecule has 0 aliphatic heterocycles. The zero-order valence-corrected chi connectivity index (χ0v) is 9.71. The largest absolute Gasteiger partial charge is 0.508 e. The molecule has 2 rings (SSSR count). The Kier molecular flexibility index (Phi) is 3.78. The number of hydrogen-bond acceptors (Lipinski definition) is 2. The van der Waals surface area contributed by atoms with Crippen LogP contribution in [0.1, 0.15) is 11.1 Å². The molecule has 2 aromatic carbocycles. The standard InChI is InChI=1S/C15H17NO/c16-14(10-12-4-2-1-3-5-12)11-13-6-8-15(17)9-7-13/h1-9,14,17H,10-11,16H2. The van der Waals surface area contributed by atoms with E-state index in [4.69, 9.17) is 5.73 Å².